The van der Waals surface area contributed by atoms with Gasteiger partial charge in [0, 0.05) is 12.3 Å². The fourth-order valence-corrected chi connectivity index (χ4v) is 0.494. The molecule has 0 heterocycles. The van der Waals surface area contributed by atoms with Gasteiger partial charge < -0.3 is 0 Å². The minimum atomic E-state index is 0.414. The molecule has 0 aromatic carbocycles. The van der Waals surface area contributed by atoms with Crippen LogP contribution in [0, 0.1) is 5.92 Å². The van der Waals surface area contributed by atoms with Crippen LogP contribution in [0.15, 0.2) is 17.1 Å². The van der Waals surface area contributed by atoms with Crippen LogP contribution in [0.3, 0.4) is 0 Å². The van der Waals surface area contributed by atoms with E-state index in [0.29, 0.717) is 12.0 Å². The molecule has 1 heteroatoms. The molecule has 0 spiro atoms. The van der Waals surface area contributed by atoms with Gasteiger partial charge in [-0.25, -0.2) is 0 Å². The van der Waals surface area contributed by atoms with E-state index >= 15 is 0 Å². The maximum atomic E-state index is 4.18. The van der Waals surface area contributed by atoms with Crippen molar-refractivity contribution in [2.24, 2.45) is 10.9 Å². The maximum absolute atomic E-state index is 4.18. The molecule has 0 radical (unpaired) electrons. The topological polar surface area (TPSA) is 12.4 Å². The quantitative estimate of drug-likeness (QED) is 0.533. The molecule has 0 aromatic heterocycles. The summed E-state index contributed by atoms with van der Waals surface area (Å²) in [5.41, 5.74) is 0. The Hall–Kier alpha value is -0.590. The number of hydrogen-bond donors (Lipinski definition) is 0. The Labute approximate surface area is 63.9 Å². The van der Waals surface area contributed by atoms with Crippen LogP contribution in [0.25, 0.3) is 0 Å². The van der Waals surface area contributed by atoms with Crippen molar-refractivity contribution in [3.8, 4) is 0 Å². The van der Waals surface area contributed by atoms with Crippen LogP contribution in [0.2, 0.25) is 0 Å². The molecule has 0 saturated carbocycles. The highest BCUT2D eigenvalue weighted by molar-refractivity contribution is 5.71. The molecule has 58 valence electrons. The van der Waals surface area contributed by atoms with Crippen LogP contribution < -0.4 is 0 Å². The Kier molecular flexibility index (Phi) is 4.91. The van der Waals surface area contributed by atoms with Crippen LogP contribution in [0.5, 0.6) is 0 Å². The van der Waals surface area contributed by atoms with Gasteiger partial charge in [-0.15, -0.1) is 0 Å². The van der Waals surface area contributed by atoms with E-state index in [1.165, 1.54) is 0 Å². The lowest BCUT2D eigenvalue weighted by Crippen LogP contribution is -1.87. The Morgan fingerprint density at radius 3 is 2.10 bits per heavy atom. The molecule has 0 atom stereocenters. The smallest absolute Gasteiger partial charge is 0.0443 e. The highest BCUT2D eigenvalue weighted by Crippen LogP contribution is 1.91. The number of allylic oxidation sites excluding steroid dienone is 2. The number of nitrogens with zero attached hydrogens (tertiary/aromatic N) is 1. The molecule has 0 amide bonds. The second kappa shape index (κ2) is 5.21. The molecule has 0 aliphatic heterocycles. The van der Waals surface area contributed by atoms with E-state index in [1.807, 2.05) is 12.3 Å². The van der Waals surface area contributed by atoms with Crippen LogP contribution >= 0.6 is 0 Å². The molecule has 0 fully saturated rings. The third-order valence-electron chi connectivity index (χ3n) is 0.966. The van der Waals surface area contributed by atoms with Crippen molar-refractivity contribution < 1.29 is 0 Å². The van der Waals surface area contributed by atoms with Crippen molar-refractivity contribution in [3.63, 3.8) is 0 Å². The molecule has 0 bridgehead atoms. The average molecular weight is 139 g/mol. The zero-order valence-corrected chi connectivity index (χ0v) is 7.33. The minimum Gasteiger partial charge on any atom is -0.290 e. The first-order valence-corrected chi connectivity index (χ1v) is 3.83. The molecular weight excluding hydrogens is 122 g/mol. The highest BCUT2D eigenvalue weighted by atomic mass is 14.7. The van der Waals surface area contributed by atoms with Crippen LogP contribution in [0.1, 0.15) is 27.7 Å². The summed E-state index contributed by atoms with van der Waals surface area (Å²) in [5.74, 6) is 0.624. The molecule has 10 heavy (non-hydrogen) atoms. The summed E-state index contributed by atoms with van der Waals surface area (Å²) in [7, 11) is 0. The zero-order valence-electron chi connectivity index (χ0n) is 7.33. The highest BCUT2D eigenvalue weighted by Gasteiger charge is 1.81. The molecule has 0 saturated heterocycles. The molecule has 0 aliphatic carbocycles. The third kappa shape index (κ3) is 7.41. The standard InChI is InChI=1S/C9H17N/c1-8(2)6-5-7-10-9(3)4/h5-9H,1-4H3/b6-5-,10-7-. The van der Waals surface area contributed by atoms with Crippen LogP contribution in [0.4, 0.5) is 0 Å². The lowest BCUT2D eigenvalue weighted by Gasteiger charge is -1.92. The monoisotopic (exact) mass is 139 g/mol. The molecule has 0 aromatic rings. The summed E-state index contributed by atoms with van der Waals surface area (Å²) >= 11 is 0. The summed E-state index contributed by atoms with van der Waals surface area (Å²) < 4.78 is 0. The molecule has 1 nitrogen and oxygen atoms in total. The van der Waals surface area contributed by atoms with E-state index in [-0.39, 0.29) is 0 Å². The van der Waals surface area contributed by atoms with Gasteiger partial charge >= 0.3 is 0 Å². The van der Waals surface area contributed by atoms with Crippen molar-refractivity contribution in [1.29, 1.82) is 0 Å². The molecule has 0 aliphatic rings. The molecule has 0 rings (SSSR count). The van der Waals surface area contributed by atoms with E-state index in [4.69, 9.17) is 0 Å². The van der Waals surface area contributed by atoms with Crippen LogP contribution in [-0.2, 0) is 0 Å². The summed E-state index contributed by atoms with van der Waals surface area (Å²) in [6.07, 6.45) is 6.00. The van der Waals surface area contributed by atoms with E-state index in [9.17, 15) is 0 Å². The van der Waals surface area contributed by atoms with Gasteiger partial charge in [-0.3, -0.25) is 4.99 Å². The summed E-state index contributed by atoms with van der Waals surface area (Å²) in [4.78, 5) is 4.18. The van der Waals surface area contributed by atoms with Gasteiger partial charge in [-0.1, -0.05) is 19.9 Å². The van der Waals surface area contributed by atoms with Gasteiger partial charge in [0.1, 0.15) is 0 Å². The molecular formula is C9H17N. The normalized spacial score (nSPS) is 13.0. The molecule has 0 unspecified atom stereocenters. The third-order valence-corrected chi connectivity index (χ3v) is 0.966. The zero-order chi connectivity index (χ0) is 7.98. The first-order valence-electron chi connectivity index (χ1n) is 3.83. The summed E-state index contributed by atoms with van der Waals surface area (Å²) in [5, 5.41) is 0. The second-order valence-electron chi connectivity index (χ2n) is 3.02. The fourth-order valence-electron chi connectivity index (χ4n) is 0.494. The van der Waals surface area contributed by atoms with Crippen LogP contribution in [-0.4, -0.2) is 12.3 Å². The summed E-state index contributed by atoms with van der Waals surface area (Å²) in [6.45, 7) is 8.44. The summed E-state index contributed by atoms with van der Waals surface area (Å²) in [6, 6.07) is 0.414. The second-order valence-corrected chi connectivity index (χ2v) is 3.02. The van der Waals surface area contributed by atoms with Gasteiger partial charge in [0.25, 0.3) is 0 Å². The fraction of sp³-hybridized carbons (Fsp3) is 0.667. The van der Waals surface area contributed by atoms with Gasteiger partial charge in [-0.05, 0) is 25.8 Å². The number of hydrogen-bond acceptors (Lipinski definition) is 1. The van der Waals surface area contributed by atoms with Crippen molar-refractivity contribution in [3.05, 3.63) is 12.2 Å². The van der Waals surface area contributed by atoms with Crippen molar-refractivity contribution in [2.75, 3.05) is 0 Å². The van der Waals surface area contributed by atoms with E-state index < -0.39 is 0 Å². The first-order chi connectivity index (χ1) is 4.63. The Bertz CT molecular complexity index is 105. The molecule has 0 N–H and O–H groups in total. The van der Waals surface area contributed by atoms with Gasteiger partial charge in [-0.2, -0.15) is 0 Å². The SMILES string of the molecule is CC(C)/C=C\C=N/C(C)C. The first kappa shape index (κ1) is 9.41. The van der Waals surface area contributed by atoms with E-state index in [0.717, 1.165) is 0 Å². The predicted molar refractivity (Wildman–Crippen MR) is 47.6 cm³/mol. The van der Waals surface area contributed by atoms with Crippen molar-refractivity contribution >= 4 is 6.21 Å². The minimum absolute atomic E-state index is 0.414. The Morgan fingerprint density at radius 1 is 1.10 bits per heavy atom. The van der Waals surface area contributed by atoms with Gasteiger partial charge in [0.2, 0.25) is 0 Å². The lowest BCUT2D eigenvalue weighted by molar-refractivity contribution is 0.829. The van der Waals surface area contributed by atoms with Crippen molar-refractivity contribution in [1.82, 2.24) is 0 Å². The lowest BCUT2D eigenvalue weighted by atomic mass is 10.2. The Morgan fingerprint density at radius 2 is 1.70 bits per heavy atom. The maximum Gasteiger partial charge on any atom is 0.0443 e. The van der Waals surface area contributed by atoms with E-state index in [2.05, 4.69) is 38.8 Å². The number of rotatable bonds is 3. The van der Waals surface area contributed by atoms with Gasteiger partial charge in [0.15, 0.2) is 0 Å². The largest absolute Gasteiger partial charge is 0.290 e. The Balaban J connectivity index is 3.52. The number of aliphatic imine (C=N–C) groups is 1. The average Bonchev–Trinajstić information content (AvgIpc) is 1.79. The van der Waals surface area contributed by atoms with Gasteiger partial charge in [0.05, 0.1) is 0 Å². The van der Waals surface area contributed by atoms with Crippen molar-refractivity contribution in [2.45, 2.75) is 33.7 Å². The van der Waals surface area contributed by atoms with E-state index in [1.54, 1.807) is 0 Å². The predicted octanol–water partition coefficient (Wildman–Crippen LogP) is 2.68.